The Morgan fingerprint density at radius 1 is 1.12 bits per heavy atom. The number of aromatic nitrogens is 1. The second-order valence-corrected chi connectivity index (χ2v) is 8.56. The third kappa shape index (κ3) is 4.14. The molecule has 11 heteroatoms. The second kappa shape index (κ2) is 7.59. The predicted molar refractivity (Wildman–Crippen MR) is 88.4 cm³/mol. The molecule has 0 unspecified atom stereocenters. The van der Waals surface area contributed by atoms with Crippen LogP contribution in [0.2, 0.25) is 5.15 Å². The first kappa shape index (κ1) is 19.8. The van der Waals surface area contributed by atoms with E-state index in [1.165, 1.54) is 0 Å². The van der Waals surface area contributed by atoms with E-state index >= 15 is 0 Å². The Morgan fingerprint density at radius 3 is 2.31 bits per heavy atom. The van der Waals surface area contributed by atoms with Gasteiger partial charge in [0, 0.05) is 45.4 Å². The van der Waals surface area contributed by atoms with Gasteiger partial charge in [0.15, 0.2) is 5.69 Å². The largest absolute Gasteiger partial charge is 0.434 e. The maximum atomic E-state index is 13.2. The second-order valence-electron chi connectivity index (χ2n) is 6.26. The number of halogens is 4. The van der Waals surface area contributed by atoms with Crippen molar-refractivity contribution in [1.82, 2.24) is 14.2 Å². The van der Waals surface area contributed by atoms with Gasteiger partial charge in [-0.3, -0.25) is 4.90 Å². The van der Waals surface area contributed by atoms with Crippen molar-refractivity contribution in [2.24, 2.45) is 0 Å². The Balaban J connectivity index is 1.78. The zero-order valence-electron chi connectivity index (χ0n) is 13.9. The molecule has 0 amide bonds. The topological polar surface area (TPSA) is 62.7 Å². The van der Waals surface area contributed by atoms with Crippen LogP contribution in [0, 0.1) is 0 Å². The molecule has 0 aliphatic carbocycles. The van der Waals surface area contributed by atoms with Gasteiger partial charge in [0.1, 0.15) is 10.0 Å². The van der Waals surface area contributed by atoms with Gasteiger partial charge in [0.05, 0.1) is 0 Å². The molecule has 1 aromatic rings. The highest BCUT2D eigenvalue weighted by Gasteiger charge is 2.42. The number of hydrogen-bond donors (Lipinski definition) is 0. The van der Waals surface area contributed by atoms with Gasteiger partial charge in [-0.1, -0.05) is 11.6 Å². The summed E-state index contributed by atoms with van der Waals surface area (Å²) in [5.74, 6) is 0. The minimum atomic E-state index is -4.91. The monoisotopic (exact) mass is 413 g/mol. The molecule has 6 nitrogen and oxygen atoms in total. The van der Waals surface area contributed by atoms with E-state index in [4.69, 9.17) is 16.3 Å². The molecule has 0 bridgehead atoms. The Labute approximate surface area is 154 Å². The van der Waals surface area contributed by atoms with Crippen molar-refractivity contribution in [3.8, 4) is 0 Å². The molecule has 146 valence electrons. The molecular formula is C15H19ClF3N3O3S. The van der Waals surface area contributed by atoms with Crippen LogP contribution in [0.15, 0.2) is 17.0 Å². The number of piperazine rings is 1. The number of alkyl halides is 3. The molecule has 0 N–H and O–H groups in total. The van der Waals surface area contributed by atoms with Crippen molar-refractivity contribution in [2.75, 3.05) is 39.4 Å². The van der Waals surface area contributed by atoms with Gasteiger partial charge in [-0.15, -0.1) is 0 Å². The number of sulfonamides is 1. The molecule has 3 heterocycles. The minimum Gasteiger partial charge on any atom is -0.381 e. The average molecular weight is 414 g/mol. The molecule has 2 aliphatic heterocycles. The van der Waals surface area contributed by atoms with E-state index < -0.39 is 31.9 Å². The van der Waals surface area contributed by atoms with E-state index in [2.05, 4.69) is 9.88 Å². The van der Waals surface area contributed by atoms with Crippen molar-refractivity contribution in [3.63, 3.8) is 0 Å². The normalized spacial score (nSPS) is 21.8. The third-order valence-electron chi connectivity index (χ3n) is 4.69. The summed E-state index contributed by atoms with van der Waals surface area (Å²) in [5, 5.41) is -0.402. The van der Waals surface area contributed by atoms with Crippen LogP contribution in [0.5, 0.6) is 0 Å². The first-order chi connectivity index (χ1) is 12.2. The van der Waals surface area contributed by atoms with Crippen LogP contribution in [-0.2, 0) is 20.9 Å². The molecular weight excluding hydrogens is 395 g/mol. The number of ether oxygens (including phenoxy) is 1. The molecule has 2 fully saturated rings. The van der Waals surface area contributed by atoms with E-state index in [0.29, 0.717) is 32.3 Å². The zero-order valence-corrected chi connectivity index (χ0v) is 15.4. The number of nitrogens with zero attached hydrogens (tertiary/aromatic N) is 3. The highest BCUT2D eigenvalue weighted by molar-refractivity contribution is 7.89. The van der Waals surface area contributed by atoms with Crippen LogP contribution in [0.4, 0.5) is 13.2 Å². The standard InChI is InChI=1S/C15H19ClF3N3O3S/c16-13-2-1-12(14(20-13)15(17,18)19)26(23,24)22-7-5-21(6-8-22)11-3-9-25-10-4-11/h1-2,11H,3-10H2. The number of hydrogen-bond acceptors (Lipinski definition) is 5. The van der Waals surface area contributed by atoms with Crippen molar-refractivity contribution < 1.29 is 26.3 Å². The van der Waals surface area contributed by atoms with E-state index in [9.17, 15) is 21.6 Å². The van der Waals surface area contributed by atoms with Gasteiger partial charge < -0.3 is 4.74 Å². The Bertz CT molecular complexity index is 746. The lowest BCUT2D eigenvalue weighted by Crippen LogP contribution is -2.53. The first-order valence-corrected chi connectivity index (χ1v) is 10.1. The zero-order chi connectivity index (χ0) is 18.9. The molecule has 2 aliphatic rings. The SMILES string of the molecule is O=S(=O)(c1ccc(Cl)nc1C(F)(F)F)N1CCN(C2CCOCC2)CC1. The maximum Gasteiger partial charge on any atom is 0.434 e. The Morgan fingerprint density at radius 2 is 1.73 bits per heavy atom. The summed E-state index contributed by atoms with van der Waals surface area (Å²) >= 11 is 5.53. The fourth-order valence-corrected chi connectivity index (χ4v) is 5.05. The van der Waals surface area contributed by atoms with Crippen molar-refractivity contribution in [1.29, 1.82) is 0 Å². The lowest BCUT2D eigenvalue weighted by molar-refractivity contribution is -0.143. The van der Waals surface area contributed by atoms with E-state index in [-0.39, 0.29) is 13.1 Å². The molecule has 3 rings (SSSR count). The summed E-state index contributed by atoms with van der Waals surface area (Å²) in [6, 6.07) is 2.26. The summed E-state index contributed by atoms with van der Waals surface area (Å²) in [4.78, 5) is 4.53. The molecule has 0 saturated carbocycles. The van der Waals surface area contributed by atoms with E-state index in [1.54, 1.807) is 0 Å². The predicted octanol–water partition coefficient (Wildman–Crippen LogP) is 2.24. The molecule has 0 aromatic carbocycles. The quantitative estimate of drug-likeness (QED) is 0.711. The van der Waals surface area contributed by atoms with E-state index in [0.717, 1.165) is 29.3 Å². The van der Waals surface area contributed by atoms with Crippen LogP contribution >= 0.6 is 11.6 Å². The van der Waals surface area contributed by atoms with Gasteiger partial charge in [-0.05, 0) is 25.0 Å². The Kier molecular flexibility index (Phi) is 5.78. The summed E-state index contributed by atoms with van der Waals surface area (Å²) in [5.41, 5.74) is -1.48. The van der Waals surface area contributed by atoms with Crippen LogP contribution in [0.1, 0.15) is 18.5 Å². The average Bonchev–Trinajstić information content (AvgIpc) is 2.61. The molecule has 1 aromatic heterocycles. The minimum absolute atomic E-state index is 0.139. The summed E-state index contributed by atoms with van der Waals surface area (Å²) in [6.45, 7) is 2.58. The van der Waals surface area contributed by atoms with Gasteiger partial charge in [-0.25, -0.2) is 13.4 Å². The molecule has 0 radical (unpaired) electrons. The van der Waals surface area contributed by atoms with E-state index in [1.807, 2.05) is 0 Å². The lowest BCUT2D eigenvalue weighted by Gasteiger charge is -2.40. The van der Waals surface area contributed by atoms with Crippen LogP contribution in [0.3, 0.4) is 0 Å². The fraction of sp³-hybridized carbons (Fsp3) is 0.667. The smallest absolute Gasteiger partial charge is 0.381 e. The van der Waals surface area contributed by atoms with Crippen molar-refractivity contribution >= 4 is 21.6 Å². The summed E-state index contributed by atoms with van der Waals surface area (Å²) < 4.78 is 71.5. The highest BCUT2D eigenvalue weighted by atomic mass is 35.5. The number of pyridine rings is 1. The molecule has 0 atom stereocenters. The van der Waals surface area contributed by atoms with Gasteiger partial charge in [0.2, 0.25) is 10.0 Å². The lowest BCUT2D eigenvalue weighted by atomic mass is 10.1. The summed E-state index contributed by atoms with van der Waals surface area (Å²) in [6.07, 6.45) is -3.14. The molecule has 26 heavy (non-hydrogen) atoms. The van der Waals surface area contributed by atoms with Crippen molar-refractivity contribution in [2.45, 2.75) is 30.0 Å². The third-order valence-corrected chi connectivity index (χ3v) is 6.83. The van der Waals surface area contributed by atoms with Crippen LogP contribution in [0.25, 0.3) is 0 Å². The van der Waals surface area contributed by atoms with Gasteiger partial charge in [-0.2, -0.15) is 17.5 Å². The van der Waals surface area contributed by atoms with Gasteiger partial charge in [0.25, 0.3) is 0 Å². The van der Waals surface area contributed by atoms with Gasteiger partial charge >= 0.3 is 6.18 Å². The van der Waals surface area contributed by atoms with Crippen molar-refractivity contribution in [3.05, 3.63) is 23.0 Å². The molecule has 2 saturated heterocycles. The summed E-state index contributed by atoms with van der Waals surface area (Å²) in [7, 11) is -4.31. The fourth-order valence-electron chi connectivity index (χ4n) is 3.33. The maximum absolute atomic E-state index is 13.2. The first-order valence-electron chi connectivity index (χ1n) is 8.25. The number of rotatable bonds is 3. The van der Waals surface area contributed by atoms with Crippen LogP contribution < -0.4 is 0 Å². The Hall–Kier alpha value is -0.940. The highest BCUT2D eigenvalue weighted by Crippen LogP contribution is 2.35. The molecule has 0 spiro atoms. The van der Waals surface area contributed by atoms with Crippen LogP contribution in [-0.4, -0.2) is 68.0 Å².